The van der Waals surface area contributed by atoms with Gasteiger partial charge in [-0.05, 0) is 12.1 Å². The van der Waals surface area contributed by atoms with Crippen LogP contribution in [0.3, 0.4) is 0 Å². The first-order chi connectivity index (χ1) is 13.5. The third-order valence-electron chi connectivity index (χ3n) is 4.55. The number of rotatable bonds is 5. The van der Waals surface area contributed by atoms with Gasteiger partial charge >= 0.3 is 0 Å². The van der Waals surface area contributed by atoms with Crippen LogP contribution in [0.15, 0.2) is 30.6 Å². The van der Waals surface area contributed by atoms with Gasteiger partial charge in [0.15, 0.2) is 0 Å². The highest BCUT2D eigenvalue weighted by Gasteiger charge is 2.24. The van der Waals surface area contributed by atoms with Crippen molar-refractivity contribution in [3.8, 4) is 11.5 Å². The van der Waals surface area contributed by atoms with E-state index in [1.165, 1.54) is 19.3 Å². The molecule has 2 aromatic rings. The summed E-state index contributed by atoms with van der Waals surface area (Å²) in [4.78, 5) is 35.9. The van der Waals surface area contributed by atoms with E-state index in [9.17, 15) is 9.59 Å². The summed E-state index contributed by atoms with van der Waals surface area (Å²) < 4.78 is 10.5. The molecule has 0 unspecified atom stereocenters. The highest BCUT2D eigenvalue weighted by molar-refractivity contribution is 5.92. The summed E-state index contributed by atoms with van der Waals surface area (Å²) in [5.41, 5.74) is 0.973. The number of nitrogens with one attached hydrogen (secondary N) is 1. The highest BCUT2D eigenvalue weighted by atomic mass is 16.5. The normalized spacial score (nSPS) is 13.8. The number of piperazine rings is 1. The number of carbonyl (C=O) groups is 2. The predicted molar refractivity (Wildman–Crippen MR) is 103 cm³/mol. The second-order valence-electron chi connectivity index (χ2n) is 6.28. The minimum Gasteiger partial charge on any atom is -0.497 e. The summed E-state index contributed by atoms with van der Waals surface area (Å²) in [6.07, 6.45) is 2.95. The van der Waals surface area contributed by atoms with Gasteiger partial charge in [0.1, 0.15) is 23.0 Å². The van der Waals surface area contributed by atoms with E-state index >= 15 is 0 Å². The van der Waals surface area contributed by atoms with Gasteiger partial charge in [-0.3, -0.25) is 9.59 Å². The molecule has 1 aromatic carbocycles. The van der Waals surface area contributed by atoms with E-state index < -0.39 is 0 Å². The fraction of sp³-hybridized carbons (Fsp3) is 0.368. The Hall–Kier alpha value is -3.36. The monoisotopic (exact) mass is 385 g/mol. The van der Waals surface area contributed by atoms with Gasteiger partial charge in [-0.2, -0.15) is 0 Å². The molecule has 2 amide bonds. The number of hydrogen-bond acceptors (Lipinski definition) is 7. The summed E-state index contributed by atoms with van der Waals surface area (Å²) in [7, 11) is 3.16. The lowest BCUT2D eigenvalue weighted by Gasteiger charge is -2.33. The minimum absolute atomic E-state index is 0.0243. The first-order valence-corrected chi connectivity index (χ1v) is 8.87. The Bertz CT molecular complexity index is 848. The van der Waals surface area contributed by atoms with Crippen LogP contribution in [0.1, 0.15) is 17.4 Å². The Morgan fingerprint density at radius 3 is 2.29 bits per heavy atom. The number of benzene rings is 1. The molecular formula is C19H23N5O4. The van der Waals surface area contributed by atoms with Gasteiger partial charge in [0.05, 0.1) is 32.3 Å². The third kappa shape index (κ3) is 4.30. The van der Waals surface area contributed by atoms with Gasteiger partial charge in [0.25, 0.3) is 5.91 Å². The lowest BCUT2D eigenvalue weighted by molar-refractivity contribution is -0.130. The van der Waals surface area contributed by atoms with Crippen molar-refractivity contribution >= 4 is 23.3 Å². The Morgan fingerprint density at radius 2 is 1.71 bits per heavy atom. The lowest BCUT2D eigenvalue weighted by atomic mass is 10.2. The largest absolute Gasteiger partial charge is 0.497 e. The predicted octanol–water partition coefficient (Wildman–Crippen LogP) is 1.54. The van der Waals surface area contributed by atoms with Crippen LogP contribution in [0.25, 0.3) is 0 Å². The molecule has 148 valence electrons. The summed E-state index contributed by atoms with van der Waals surface area (Å²) >= 11 is 0. The van der Waals surface area contributed by atoms with Gasteiger partial charge in [-0.15, -0.1) is 0 Å². The molecule has 1 fully saturated rings. The lowest BCUT2D eigenvalue weighted by Crippen LogP contribution is -2.50. The molecular weight excluding hydrogens is 362 g/mol. The standard InChI is InChI=1S/C19H23N5O4/c1-13(25)23-6-8-24(9-7-23)19(26)16-11-21-18(12-20-16)22-15-5-4-14(27-2)10-17(15)28-3/h4-5,10-12H,6-9H2,1-3H3,(H,21,22). The van der Waals surface area contributed by atoms with Crippen LogP contribution in [0.4, 0.5) is 11.5 Å². The van der Waals surface area contributed by atoms with E-state index in [1.54, 1.807) is 36.2 Å². The van der Waals surface area contributed by atoms with E-state index in [0.717, 1.165) is 0 Å². The van der Waals surface area contributed by atoms with Gasteiger partial charge in [-0.25, -0.2) is 9.97 Å². The van der Waals surface area contributed by atoms with Crippen molar-refractivity contribution in [1.82, 2.24) is 19.8 Å². The Kier molecular flexibility index (Phi) is 5.93. The molecule has 1 aromatic heterocycles. The van der Waals surface area contributed by atoms with Crippen LogP contribution >= 0.6 is 0 Å². The highest BCUT2D eigenvalue weighted by Crippen LogP contribution is 2.30. The first kappa shape index (κ1) is 19.4. The van der Waals surface area contributed by atoms with E-state index in [-0.39, 0.29) is 17.5 Å². The summed E-state index contributed by atoms with van der Waals surface area (Å²) in [6, 6.07) is 5.37. The number of aromatic nitrogens is 2. The second-order valence-corrected chi connectivity index (χ2v) is 6.28. The number of hydrogen-bond donors (Lipinski definition) is 1. The molecule has 1 aliphatic rings. The fourth-order valence-corrected chi connectivity index (χ4v) is 2.93. The number of amides is 2. The molecule has 0 aliphatic carbocycles. The fourth-order valence-electron chi connectivity index (χ4n) is 2.93. The zero-order chi connectivity index (χ0) is 20.1. The average molecular weight is 385 g/mol. The Balaban J connectivity index is 1.65. The molecule has 0 saturated carbocycles. The van der Waals surface area contributed by atoms with Crippen molar-refractivity contribution in [3.63, 3.8) is 0 Å². The number of anilines is 2. The van der Waals surface area contributed by atoms with E-state index in [1.807, 2.05) is 6.07 Å². The second kappa shape index (κ2) is 8.55. The average Bonchev–Trinajstić information content (AvgIpc) is 2.74. The molecule has 3 rings (SSSR count). The maximum Gasteiger partial charge on any atom is 0.274 e. The van der Waals surface area contributed by atoms with Crippen LogP contribution in [-0.2, 0) is 4.79 Å². The number of methoxy groups -OCH3 is 2. The maximum absolute atomic E-state index is 12.6. The molecule has 1 aliphatic heterocycles. The summed E-state index contributed by atoms with van der Waals surface area (Å²) in [5, 5.41) is 3.12. The van der Waals surface area contributed by atoms with Crippen molar-refractivity contribution < 1.29 is 19.1 Å². The zero-order valence-electron chi connectivity index (χ0n) is 16.1. The quantitative estimate of drug-likeness (QED) is 0.834. The molecule has 1 N–H and O–H groups in total. The van der Waals surface area contributed by atoms with Crippen LogP contribution in [-0.4, -0.2) is 72.0 Å². The van der Waals surface area contributed by atoms with Crippen molar-refractivity contribution in [2.24, 2.45) is 0 Å². The molecule has 0 atom stereocenters. The van der Waals surface area contributed by atoms with Gasteiger partial charge in [0.2, 0.25) is 5.91 Å². The van der Waals surface area contributed by atoms with Crippen LogP contribution in [0, 0.1) is 0 Å². The molecule has 9 heteroatoms. The number of nitrogens with zero attached hydrogens (tertiary/aromatic N) is 4. The Morgan fingerprint density at radius 1 is 1.00 bits per heavy atom. The Labute approximate surface area is 163 Å². The van der Waals surface area contributed by atoms with Crippen molar-refractivity contribution in [3.05, 3.63) is 36.3 Å². The molecule has 0 bridgehead atoms. The molecule has 2 heterocycles. The smallest absolute Gasteiger partial charge is 0.274 e. The van der Waals surface area contributed by atoms with E-state index in [4.69, 9.17) is 9.47 Å². The zero-order valence-corrected chi connectivity index (χ0v) is 16.1. The minimum atomic E-state index is -0.190. The van der Waals surface area contributed by atoms with Gasteiger partial charge in [-0.1, -0.05) is 0 Å². The van der Waals surface area contributed by atoms with Crippen LogP contribution < -0.4 is 14.8 Å². The molecule has 9 nitrogen and oxygen atoms in total. The number of ether oxygens (including phenoxy) is 2. The summed E-state index contributed by atoms with van der Waals surface area (Å²) in [6.45, 7) is 3.58. The number of carbonyl (C=O) groups excluding carboxylic acids is 2. The maximum atomic E-state index is 12.6. The van der Waals surface area contributed by atoms with Crippen molar-refractivity contribution in [2.75, 3.05) is 45.7 Å². The van der Waals surface area contributed by atoms with E-state index in [2.05, 4.69) is 15.3 Å². The first-order valence-electron chi connectivity index (χ1n) is 8.87. The van der Waals surface area contributed by atoms with Gasteiger partial charge in [0, 0.05) is 39.2 Å². The van der Waals surface area contributed by atoms with Crippen LogP contribution in [0.5, 0.6) is 11.5 Å². The van der Waals surface area contributed by atoms with Crippen molar-refractivity contribution in [2.45, 2.75) is 6.92 Å². The third-order valence-corrected chi connectivity index (χ3v) is 4.55. The molecule has 0 radical (unpaired) electrons. The SMILES string of the molecule is COc1ccc(Nc2cnc(C(=O)N3CCN(C(C)=O)CC3)cn2)c(OC)c1. The van der Waals surface area contributed by atoms with Crippen molar-refractivity contribution in [1.29, 1.82) is 0 Å². The summed E-state index contributed by atoms with van der Waals surface area (Å²) in [5.74, 6) is 1.60. The molecule has 0 spiro atoms. The molecule has 1 saturated heterocycles. The topological polar surface area (TPSA) is 96.9 Å². The van der Waals surface area contributed by atoms with Gasteiger partial charge < -0.3 is 24.6 Å². The van der Waals surface area contributed by atoms with E-state index in [0.29, 0.717) is 49.2 Å². The molecule has 28 heavy (non-hydrogen) atoms. The van der Waals surface area contributed by atoms with Crippen LogP contribution in [0.2, 0.25) is 0 Å².